The number of fused-ring (bicyclic) bond motifs is 1. The van der Waals surface area contributed by atoms with Gasteiger partial charge in [-0.2, -0.15) is 4.98 Å². The number of piperazine rings is 1. The Bertz CT molecular complexity index is 1320. The monoisotopic (exact) mass is 441 g/mol. The predicted octanol–water partition coefficient (Wildman–Crippen LogP) is 2.92. The van der Waals surface area contributed by atoms with Crippen LogP contribution in [-0.4, -0.2) is 52.7 Å². The molecule has 0 spiro atoms. The first-order valence-corrected chi connectivity index (χ1v) is 11.1. The van der Waals surface area contributed by atoms with Gasteiger partial charge in [-0.05, 0) is 49.0 Å². The van der Waals surface area contributed by atoms with Gasteiger partial charge >= 0.3 is 0 Å². The lowest BCUT2D eigenvalue weighted by Gasteiger charge is -2.34. The molecule has 0 atom stereocenters. The molecule has 2 aromatic heterocycles. The third-order valence-corrected chi connectivity index (χ3v) is 6.10. The van der Waals surface area contributed by atoms with Gasteiger partial charge in [0.1, 0.15) is 5.65 Å². The Labute approximate surface area is 192 Å². The highest BCUT2D eigenvalue weighted by molar-refractivity contribution is 5.76. The molecule has 0 bridgehead atoms. The summed E-state index contributed by atoms with van der Waals surface area (Å²) in [6.07, 6.45) is 1.73. The van der Waals surface area contributed by atoms with E-state index in [2.05, 4.69) is 44.3 Å². The van der Waals surface area contributed by atoms with Crippen LogP contribution in [0.2, 0.25) is 0 Å². The van der Waals surface area contributed by atoms with Crippen molar-refractivity contribution in [3.05, 3.63) is 82.8 Å². The molecule has 1 fully saturated rings. The van der Waals surface area contributed by atoms with Crippen LogP contribution in [0.4, 0.5) is 23.0 Å². The molecule has 3 N–H and O–H groups in total. The molecule has 3 heterocycles. The number of hydrogen-bond acceptors (Lipinski definition) is 7. The summed E-state index contributed by atoms with van der Waals surface area (Å²) in [5.41, 5.74) is 10.2. The van der Waals surface area contributed by atoms with Gasteiger partial charge in [0, 0.05) is 60.9 Å². The van der Waals surface area contributed by atoms with Gasteiger partial charge in [0.2, 0.25) is 5.95 Å². The van der Waals surface area contributed by atoms with Crippen molar-refractivity contribution in [1.82, 2.24) is 19.4 Å². The van der Waals surface area contributed by atoms with E-state index in [1.807, 2.05) is 36.4 Å². The third-order valence-electron chi connectivity index (χ3n) is 6.10. The summed E-state index contributed by atoms with van der Waals surface area (Å²) in [5, 5.41) is 4.06. The maximum Gasteiger partial charge on any atom is 0.252 e. The molecule has 2 aromatic carbocycles. The Morgan fingerprint density at radius 3 is 2.48 bits per heavy atom. The second-order valence-corrected chi connectivity index (χ2v) is 8.39. The normalized spacial score (nSPS) is 14.5. The first kappa shape index (κ1) is 21.0. The summed E-state index contributed by atoms with van der Waals surface area (Å²) in [6, 6.07) is 19.1. The highest BCUT2D eigenvalue weighted by Crippen LogP contribution is 2.22. The van der Waals surface area contributed by atoms with Crippen molar-refractivity contribution in [3.63, 3.8) is 0 Å². The SMILES string of the molecule is CN1CCN(c2ccc(Nc3ncc4ccc(=O)n(Cc5ccccc5N)c4n3)cc2)CC1. The number of nitrogens with one attached hydrogen (secondary N) is 1. The molecule has 4 aromatic rings. The van der Waals surface area contributed by atoms with E-state index in [0.29, 0.717) is 23.8 Å². The van der Waals surface area contributed by atoms with Gasteiger partial charge in [-0.1, -0.05) is 18.2 Å². The number of aromatic nitrogens is 3. The fourth-order valence-electron chi connectivity index (χ4n) is 4.08. The number of nitrogens with two attached hydrogens (primary N) is 1. The number of nitrogens with zero attached hydrogens (tertiary/aromatic N) is 5. The van der Waals surface area contributed by atoms with Gasteiger partial charge in [-0.25, -0.2) is 4.98 Å². The lowest BCUT2D eigenvalue weighted by molar-refractivity contribution is 0.313. The number of anilines is 4. The van der Waals surface area contributed by atoms with Crippen molar-refractivity contribution in [1.29, 1.82) is 0 Å². The molecule has 0 radical (unpaired) electrons. The molecule has 1 saturated heterocycles. The fraction of sp³-hybridized carbons (Fsp3) is 0.240. The molecule has 8 nitrogen and oxygen atoms in total. The lowest BCUT2D eigenvalue weighted by Crippen LogP contribution is -2.44. The zero-order chi connectivity index (χ0) is 22.8. The predicted molar refractivity (Wildman–Crippen MR) is 133 cm³/mol. The first-order chi connectivity index (χ1) is 16.1. The molecule has 0 unspecified atom stereocenters. The highest BCUT2D eigenvalue weighted by atomic mass is 16.1. The van der Waals surface area contributed by atoms with E-state index in [1.165, 1.54) is 11.8 Å². The van der Waals surface area contributed by atoms with Gasteiger partial charge in [-0.3, -0.25) is 9.36 Å². The molecule has 0 aliphatic carbocycles. The van der Waals surface area contributed by atoms with Crippen LogP contribution >= 0.6 is 0 Å². The molecule has 1 aliphatic heterocycles. The van der Waals surface area contributed by atoms with Crippen molar-refractivity contribution in [2.75, 3.05) is 49.2 Å². The van der Waals surface area contributed by atoms with Gasteiger partial charge in [0.25, 0.3) is 5.56 Å². The molecule has 33 heavy (non-hydrogen) atoms. The molecule has 168 valence electrons. The number of likely N-dealkylation sites (N-methyl/N-ethyl adjacent to an activating group) is 1. The van der Waals surface area contributed by atoms with Crippen molar-refractivity contribution in [2.45, 2.75) is 6.54 Å². The van der Waals surface area contributed by atoms with E-state index in [-0.39, 0.29) is 5.56 Å². The third kappa shape index (κ3) is 4.51. The van der Waals surface area contributed by atoms with E-state index in [1.54, 1.807) is 16.8 Å². The Morgan fingerprint density at radius 2 is 1.73 bits per heavy atom. The number of pyridine rings is 1. The van der Waals surface area contributed by atoms with Crippen molar-refractivity contribution in [3.8, 4) is 0 Å². The first-order valence-electron chi connectivity index (χ1n) is 11.1. The Kier molecular flexibility index (Phi) is 5.66. The topological polar surface area (TPSA) is 92.3 Å². The quantitative estimate of drug-likeness (QED) is 0.460. The standard InChI is InChI=1S/C25H27N7O/c1-30-12-14-31(15-13-30)21-9-7-20(8-10-21)28-25-27-16-18-6-11-23(33)32(24(18)29-25)17-19-4-2-3-5-22(19)26/h2-11,16H,12-15,17,26H2,1H3,(H,27,28,29). The van der Waals surface area contributed by atoms with Gasteiger partial charge < -0.3 is 20.9 Å². The smallest absolute Gasteiger partial charge is 0.252 e. The zero-order valence-electron chi connectivity index (χ0n) is 18.6. The number of rotatable bonds is 5. The van der Waals surface area contributed by atoms with Crippen LogP contribution in [0.25, 0.3) is 11.0 Å². The van der Waals surface area contributed by atoms with Crippen LogP contribution < -0.4 is 21.5 Å². The minimum absolute atomic E-state index is 0.132. The number of benzene rings is 2. The van der Waals surface area contributed by atoms with E-state index in [0.717, 1.165) is 42.8 Å². The molecular formula is C25H27N7O. The van der Waals surface area contributed by atoms with Crippen LogP contribution in [0.1, 0.15) is 5.56 Å². The highest BCUT2D eigenvalue weighted by Gasteiger charge is 2.14. The number of hydrogen-bond donors (Lipinski definition) is 2. The molecular weight excluding hydrogens is 414 g/mol. The Balaban J connectivity index is 1.40. The van der Waals surface area contributed by atoms with E-state index in [4.69, 9.17) is 5.73 Å². The molecule has 0 amide bonds. The largest absolute Gasteiger partial charge is 0.398 e. The molecule has 8 heteroatoms. The number of para-hydroxylation sites is 1. The second kappa shape index (κ2) is 8.91. The molecule has 0 saturated carbocycles. The zero-order valence-corrected chi connectivity index (χ0v) is 18.6. The van der Waals surface area contributed by atoms with Crippen LogP contribution in [0, 0.1) is 0 Å². The molecule has 5 rings (SSSR count). The van der Waals surface area contributed by atoms with Crippen molar-refractivity contribution >= 4 is 34.0 Å². The summed E-state index contributed by atoms with van der Waals surface area (Å²) < 4.78 is 1.63. The van der Waals surface area contributed by atoms with Crippen molar-refractivity contribution < 1.29 is 0 Å². The van der Waals surface area contributed by atoms with Crippen LogP contribution in [0.5, 0.6) is 0 Å². The summed E-state index contributed by atoms with van der Waals surface area (Å²) >= 11 is 0. The van der Waals surface area contributed by atoms with Crippen LogP contribution in [0.15, 0.2) is 71.7 Å². The number of nitrogen functional groups attached to an aromatic ring is 1. The van der Waals surface area contributed by atoms with E-state index < -0.39 is 0 Å². The van der Waals surface area contributed by atoms with E-state index >= 15 is 0 Å². The average Bonchev–Trinajstić information content (AvgIpc) is 2.83. The fourth-order valence-corrected chi connectivity index (χ4v) is 4.08. The van der Waals surface area contributed by atoms with Crippen molar-refractivity contribution in [2.24, 2.45) is 0 Å². The van der Waals surface area contributed by atoms with Gasteiger partial charge in [0.05, 0.1) is 6.54 Å². The minimum Gasteiger partial charge on any atom is -0.398 e. The van der Waals surface area contributed by atoms with E-state index in [9.17, 15) is 4.79 Å². The minimum atomic E-state index is -0.132. The van der Waals surface area contributed by atoms with Gasteiger partial charge in [-0.15, -0.1) is 0 Å². The summed E-state index contributed by atoms with van der Waals surface area (Å²) in [6.45, 7) is 4.54. The second-order valence-electron chi connectivity index (χ2n) is 8.39. The Morgan fingerprint density at radius 1 is 0.970 bits per heavy atom. The summed E-state index contributed by atoms with van der Waals surface area (Å²) in [5.74, 6) is 0.440. The Hall–Kier alpha value is -3.91. The lowest BCUT2D eigenvalue weighted by atomic mass is 10.2. The van der Waals surface area contributed by atoms with Crippen LogP contribution in [-0.2, 0) is 6.54 Å². The molecule has 1 aliphatic rings. The maximum atomic E-state index is 12.7. The van der Waals surface area contributed by atoms with Gasteiger partial charge in [0.15, 0.2) is 0 Å². The summed E-state index contributed by atoms with van der Waals surface area (Å²) in [7, 11) is 2.15. The van der Waals surface area contributed by atoms with Crippen LogP contribution in [0.3, 0.4) is 0 Å². The maximum absolute atomic E-state index is 12.7. The summed E-state index contributed by atoms with van der Waals surface area (Å²) in [4.78, 5) is 26.5. The average molecular weight is 442 g/mol.